The van der Waals surface area contributed by atoms with Crippen molar-refractivity contribution >= 4 is 12.4 Å². The first kappa shape index (κ1) is 18.1. The van der Waals surface area contributed by atoms with Gasteiger partial charge in [-0.2, -0.15) is 13.2 Å². The molecule has 0 bridgehead atoms. The van der Waals surface area contributed by atoms with Crippen LogP contribution >= 0.6 is 12.4 Å². The summed E-state index contributed by atoms with van der Waals surface area (Å²) in [6.07, 6.45) is -5.20. The molecule has 2 N–H and O–H groups in total. The quantitative estimate of drug-likeness (QED) is 0.897. The van der Waals surface area contributed by atoms with E-state index in [1.807, 2.05) is 0 Å². The number of para-hydroxylation sites is 1. The highest BCUT2D eigenvalue weighted by molar-refractivity contribution is 5.85. The first-order valence-electron chi connectivity index (χ1n) is 6.68. The van der Waals surface area contributed by atoms with E-state index in [9.17, 15) is 18.3 Å². The summed E-state index contributed by atoms with van der Waals surface area (Å²) in [5.74, 6) is -0.0275. The third-order valence-corrected chi connectivity index (χ3v) is 3.65. The zero-order valence-electron chi connectivity index (χ0n) is 11.8. The second-order valence-electron chi connectivity index (χ2n) is 5.13. The van der Waals surface area contributed by atoms with Crippen molar-refractivity contribution in [2.45, 2.75) is 25.6 Å². The van der Waals surface area contributed by atoms with Crippen LogP contribution in [0.4, 0.5) is 13.2 Å². The van der Waals surface area contributed by atoms with Crippen molar-refractivity contribution in [1.29, 1.82) is 0 Å². The minimum absolute atomic E-state index is 0. The predicted molar refractivity (Wildman–Crippen MR) is 77.9 cm³/mol. The van der Waals surface area contributed by atoms with Gasteiger partial charge in [0.2, 0.25) is 0 Å². The Morgan fingerprint density at radius 2 is 1.90 bits per heavy atom. The molecule has 1 aromatic carbocycles. The number of phenolic OH excluding ortho intramolecular Hbond substituents is 1. The molecule has 0 aromatic heterocycles. The number of nitrogens with one attached hydrogen (secondary N) is 1. The number of hydrogen-bond acceptors (Lipinski definition) is 3. The first-order valence-corrected chi connectivity index (χ1v) is 6.68. The third-order valence-electron chi connectivity index (χ3n) is 3.65. The van der Waals surface area contributed by atoms with Crippen LogP contribution in [-0.4, -0.2) is 42.4 Å². The topological polar surface area (TPSA) is 35.5 Å². The van der Waals surface area contributed by atoms with Gasteiger partial charge in [-0.3, -0.25) is 4.90 Å². The average Bonchev–Trinajstić information content (AvgIpc) is 2.40. The van der Waals surface area contributed by atoms with Crippen LogP contribution in [-0.2, 0) is 0 Å². The SMILES string of the molecule is Cc1cccc([C@H](CC(F)(F)F)N2CCNCC2)c1O.Cl. The van der Waals surface area contributed by atoms with Gasteiger partial charge in [-0.25, -0.2) is 0 Å². The number of piperazine rings is 1. The standard InChI is InChI=1S/C14H19F3N2O.ClH/c1-10-3-2-4-11(13(10)20)12(9-14(15,16)17)19-7-5-18-6-8-19;/h2-4,12,18,20H,5-9H2,1H3;1H/t12-;/m0./s1. The van der Waals surface area contributed by atoms with Crippen molar-refractivity contribution in [3.05, 3.63) is 29.3 Å². The molecule has 120 valence electrons. The number of aryl methyl sites for hydroxylation is 1. The summed E-state index contributed by atoms with van der Waals surface area (Å²) in [4.78, 5) is 1.79. The van der Waals surface area contributed by atoms with Crippen LogP contribution < -0.4 is 5.32 Å². The lowest BCUT2D eigenvalue weighted by atomic mass is 9.97. The summed E-state index contributed by atoms with van der Waals surface area (Å²) < 4.78 is 38.6. The molecule has 0 spiro atoms. The number of halogens is 4. The Labute approximate surface area is 128 Å². The lowest BCUT2D eigenvalue weighted by Gasteiger charge is -2.36. The fourth-order valence-corrected chi connectivity index (χ4v) is 2.60. The molecule has 0 radical (unpaired) electrons. The molecule has 1 aliphatic heterocycles. The Kier molecular flexibility index (Phi) is 6.31. The van der Waals surface area contributed by atoms with Crippen molar-refractivity contribution < 1.29 is 18.3 Å². The highest BCUT2D eigenvalue weighted by Gasteiger charge is 2.37. The first-order chi connectivity index (χ1) is 9.38. The van der Waals surface area contributed by atoms with E-state index < -0.39 is 18.6 Å². The Bertz CT molecular complexity index is 462. The van der Waals surface area contributed by atoms with Crippen molar-refractivity contribution in [3.63, 3.8) is 0 Å². The van der Waals surface area contributed by atoms with E-state index >= 15 is 0 Å². The maximum atomic E-state index is 12.9. The monoisotopic (exact) mass is 324 g/mol. The van der Waals surface area contributed by atoms with Crippen LogP contribution in [0, 0.1) is 6.92 Å². The van der Waals surface area contributed by atoms with Crippen LogP contribution in [0.1, 0.15) is 23.6 Å². The normalized spacial score (nSPS) is 18.1. The molecule has 1 aromatic rings. The summed E-state index contributed by atoms with van der Waals surface area (Å²) in [6.45, 7) is 4.13. The van der Waals surface area contributed by atoms with E-state index in [0.717, 1.165) is 0 Å². The van der Waals surface area contributed by atoms with Gasteiger partial charge in [0.05, 0.1) is 6.42 Å². The van der Waals surface area contributed by atoms with Crippen molar-refractivity contribution in [1.82, 2.24) is 10.2 Å². The highest BCUT2D eigenvalue weighted by Crippen LogP contribution is 2.38. The van der Waals surface area contributed by atoms with Crippen molar-refractivity contribution in [2.75, 3.05) is 26.2 Å². The molecule has 3 nitrogen and oxygen atoms in total. The molecule has 7 heteroatoms. The molecule has 1 heterocycles. The van der Waals surface area contributed by atoms with Gasteiger partial charge in [-0.05, 0) is 12.5 Å². The average molecular weight is 325 g/mol. The molecule has 1 fully saturated rings. The van der Waals surface area contributed by atoms with Crippen LogP contribution in [0.15, 0.2) is 18.2 Å². The van der Waals surface area contributed by atoms with E-state index in [2.05, 4.69) is 5.32 Å². The number of rotatable bonds is 3. The van der Waals surface area contributed by atoms with Crippen molar-refractivity contribution in [2.24, 2.45) is 0 Å². The Morgan fingerprint density at radius 3 is 2.48 bits per heavy atom. The minimum Gasteiger partial charge on any atom is -0.507 e. The van der Waals surface area contributed by atoms with Crippen LogP contribution in [0.2, 0.25) is 0 Å². The lowest BCUT2D eigenvalue weighted by molar-refractivity contribution is -0.148. The molecular formula is C14H20ClF3N2O. The molecule has 0 aliphatic carbocycles. The third kappa shape index (κ3) is 4.76. The van der Waals surface area contributed by atoms with Crippen molar-refractivity contribution in [3.8, 4) is 5.75 Å². The van der Waals surface area contributed by atoms with E-state index in [1.165, 1.54) is 0 Å². The summed E-state index contributed by atoms with van der Waals surface area (Å²) in [6, 6.07) is 4.15. The minimum atomic E-state index is -4.26. The van der Waals surface area contributed by atoms with E-state index in [-0.39, 0.29) is 18.2 Å². The molecule has 1 saturated heterocycles. The maximum absolute atomic E-state index is 12.9. The number of hydrogen-bond donors (Lipinski definition) is 2. The van der Waals surface area contributed by atoms with E-state index in [1.54, 1.807) is 30.0 Å². The molecule has 1 aliphatic rings. The molecule has 0 amide bonds. The molecular weight excluding hydrogens is 305 g/mol. The number of aromatic hydroxyl groups is 1. The number of alkyl halides is 3. The van der Waals surface area contributed by atoms with Gasteiger partial charge in [-0.15, -0.1) is 12.4 Å². The molecule has 2 rings (SSSR count). The maximum Gasteiger partial charge on any atom is 0.390 e. The Balaban J connectivity index is 0.00000220. The van der Waals surface area contributed by atoms with Crippen LogP contribution in [0.3, 0.4) is 0 Å². The van der Waals surface area contributed by atoms with Gasteiger partial charge in [0, 0.05) is 37.8 Å². The zero-order valence-corrected chi connectivity index (χ0v) is 12.6. The summed E-state index contributed by atoms with van der Waals surface area (Å²) in [5.41, 5.74) is 0.967. The smallest absolute Gasteiger partial charge is 0.390 e. The molecule has 21 heavy (non-hydrogen) atoms. The Morgan fingerprint density at radius 1 is 1.29 bits per heavy atom. The van der Waals surface area contributed by atoms with E-state index in [0.29, 0.717) is 37.3 Å². The van der Waals surface area contributed by atoms with Crippen LogP contribution in [0.25, 0.3) is 0 Å². The molecule has 0 saturated carbocycles. The number of benzene rings is 1. The van der Waals surface area contributed by atoms with Gasteiger partial charge >= 0.3 is 6.18 Å². The van der Waals surface area contributed by atoms with Gasteiger partial charge in [-0.1, -0.05) is 18.2 Å². The largest absolute Gasteiger partial charge is 0.507 e. The fraction of sp³-hybridized carbons (Fsp3) is 0.571. The summed E-state index contributed by atoms with van der Waals surface area (Å²) in [7, 11) is 0. The molecule has 1 atom stereocenters. The highest BCUT2D eigenvalue weighted by atomic mass is 35.5. The second-order valence-corrected chi connectivity index (χ2v) is 5.13. The zero-order chi connectivity index (χ0) is 14.8. The van der Waals surface area contributed by atoms with Gasteiger partial charge in [0.25, 0.3) is 0 Å². The summed E-state index contributed by atoms with van der Waals surface area (Å²) in [5, 5.41) is 13.2. The molecule has 0 unspecified atom stereocenters. The van der Waals surface area contributed by atoms with Crippen LogP contribution in [0.5, 0.6) is 5.75 Å². The van der Waals surface area contributed by atoms with Gasteiger partial charge in [0.15, 0.2) is 0 Å². The predicted octanol–water partition coefficient (Wildman–Crippen LogP) is 3.02. The Hall–Kier alpha value is -0.980. The number of phenols is 1. The second kappa shape index (κ2) is 7.33. The fourth-order valence-electron chi connectivity index (χ4n) is 2.60. The van der Waals surface area contributed by atoms with Gasteiger partial charge in [0.1, 0.15) is 5.75 Å². The van der Waals surface area contributed by atoms with E-state index in [4.69, 9.17) is 0 Å². The van der Waals surface area contributed by atoms with Gasteiger partial charge < -0.3 is 10.4 Å². The summed E-state index contributed by atoms with van der Waals surface area (Å²) >= 11 is 0. The lowest BCUT2D eigenvalue weighted by Crippen LogP contribution is -2.46. The number of nitrogens with zero attached hydrogens (tertiary/aromatic N) is 1.